The van der Waals surface area contributed by atoms with Crippen LogP contribution in [-0.2, 0) is 9.53 Å². The van der Waals surface area contributed by atoms with Gasteiger partial charge in [-0.1, -0.05) is 97.6 Å². The molecule has 0 aromatic rings. The van der Waals surface area contributed by atoms with E-state index < -0.39 is 0 Å². The third-order valence-corrected chi connectivity index (χ3v) is 4.32. The Bertz CT molecular complexity index is 325. The molecule has 0 saturated heterocycles. The summed E-state index contributed by atoms with van der Waals surface area (Å²) in [5.41, 5.74) is 0.0712. The molecule has 0 saturated carbocycles. The zero-order chi connectivity index (χ0) is 18.8. The SMILES string of the molecule is CC/C=C/CCCCCCCCCCCCCC(=O)OCC(C)(C)C. The van der Waals surface area contributed by atoms with Gasteiger partial charge in [0.2, 0.25) is 0 Å². The van der Waals surface area contributed by atoms with Gasteiger partial charge >= 0.3 is 5.97 Å². The van der Waals surface area contributed by atoms with Crippen molar-refractivity contribution < 1.29 is 9.53 Å². The van der Waals surface area contributed by atoms with Gasteiger partial charge in [0.15, 0.2) is 0 Å². The Morgan fingerprint density at radius 3 is 1.72 bits per heavy atom. The number of ether oxygens (including phenoxy) is 1. The number of allylic oxidation sites excluding steroid dienone is 2. The number of hydrogen-bond acceptors (Lipinski definition) is 2. The van der Waals surface area contributed by atoms with Crippen LogP contribution in [0.15, 0.2) is 12.2 Å². The van der Waals surface area contributed by atoms with Gasteiger partial charge in [-0.3, -0.25) is 4.79 Å². The molecule has 0 atom stereocenters. The Labute approximate surface area is 157 Å². The molecule has 0 rings (SSSR count). The largest absolute Gasteiger partial charge is 0.465 e. The fourth-order valence-electron chi connectivity index (χ4n) is 2.78. The average Bonchev–Trinajstić information content (AvgIpc) is 2.56. The van der Waals surface area contributed by atoms with Crippen LogP contribution in [0.2, 0.25) is 0 Å². The molecule has 0 aliphatic carbocycles. The van der Waals surface area contributed by atoms with Gasteiger partial charge in [-0.2, -0.15) is 0 Å². The molecular formula is C23H44O2. The van der Waals surface area contributed by atoms with Crippen LogP contribution in [0.1, 0.15) is 118 Å². The first kappa shape index (κ1) is 24.2. The van der Waals surface area contributed by atoms with Crippen molar-refractivity contribution in [2.75, 3.05) is 6.61 Å². The van der Waals surface area contributed by atoms with Gasteiger partial charge in [0, 0.05) is 6.42 Å². The maximum atomic E-state index is 11.6. The predicted molar refractivity (Wildman–Crippen MR) is 110 cm³/mol. The van der Waals surface area contributed by atoms with Crippen molar-refractivity contribution in [1.29, 1.82) is 0 Å². The van der Waals surface area contributed by atoms with Crippen molar-refractivity contribution in [1.82, 2.24) is 0 Å². The fourth-order valence-corrected chi connectivity index (χ4v) is 2.78. The van der Waals surface area contributed by atoms with Crippen molar-refractivity contribution >= 4 is 5.97 Å². The van der Waals surface area contributed by atoms with Gasteiger partial charge in [-0.05, 0) is 31.1 Å². The summed E-state index contributed by atoms with van der Waals surface area (Å²) in [5.74, 6) is -0.0277. The molecule has 0 amide bonds. The highest BCUT2D eigenvalue weighted by atomic mass is 16.5. The molecule has 2 nitrogen and oxygen atoms in total. The third-order valence-electron chi connectivity index (χ3n) is 4.32. The number of carbonyl (C=O) groups is 1. The molecule has 0 unspecified atom stereocenters. The summed E-state index contributed by atoms with van der Waals surface area (Å²) in [5, 5.41) is 0. The van der Waals surface area contributed by atoms with Gasteiger partial charge in [-0.15, -0.1) is 0 Å². The molecule has 0 radical (unpaired) electrons. The Morgan fingerprint density at radius 1 is 0.760 bits per heavy atom. The number of carbonyl (C=O) groups excluding carboxylic acids is 1. The molecular weight excluding hydrogens is 308 g/mol. The number of rotatable bonds is 16. The second kappa shape index (κ2) is 16.7. The summed E-state index contributed by atoms with van der Waals surface area (Å²) >= 11 is 0. The maximum Gasteiger partial charge on any atom is 0.305 e. The highest BCUT2D eigenvalue weighted by molar-refractivity contribution is 5.69. The summed E-state index contributed by atoms with van der Waals surface area (Å²) in [6.45, 7) is 8.99. The van der Waals surface area contributed by atoms with E-state index in [1.165, 1.54) is 70.6 Å². The lowest BCUT2D eigenvalue weighted by Crippen LogP contribution is -2.18. The van der Waals surface area contributed by atoms with E-state index in [4.69, 9.17) is 4.74 Å². The molecule has 0 fully saturated rings. The van der Waals surface area contributed by atoms with Crippen LogP contribution in [0, 0.1) is 5.41 Å². The third kappa shape index (κ3) is 21.2. The van der Waals surface area contributed by atoms with Crippen LogP contribution >= 0.6 is 0 Å². The van der Waals surface area contributed by atoms with E-state index in [2.05, 4.69) is 39.8 Å². The number of esters is 1. The van der Waals surface area contributed by atoms with Crippen molar-refractivity contribution in [3.63, 3.8) is 0 Å². The molecule has 0 aromatic heterocycles. The van der Waals surface area contributed by atoms with Crippen molar-refractivity contribution in [2.45, 2.75) is 118 Å². The van der Waals surface area contributed by atoms with Crippen LogP contribution in [0.25, 0.3) is 0 Å². The lowest BCUT2D eigenvalue weighted by atomic mass is 9.99. The van der Waals surface area contributed by atoms with Crippen LogP contribution in [0.4, 0.5) is 0 Å². The van der Waals surface area contributed by atoms with Gasteiger partial charge < -0.3 is 4.74 Å². The summed E-state index contributed by atoms with van der Waals surface area (Å²) in [4.78, 5) is 11.6. The van der Waals surface area contributed by atoms with E-state index in [-0.39, 0.29) is 11.4 Å². The fraction of sp³-hybridized carbons (Fsp3) is 0.870. The lowest BCUT2D eigenvalue weighted by Gasteiger charge is -2.17. The van der Waals surface area contributed by atoms with Gasteiger partial charge in [-0.25, -0.2) is 0 Å². The summed E-state index contributed by atoms with van der Waals surface area (Å²) < 4.78 is 5.28. The van der Waals surface area contributed by atoms with Crippen molar-refractivity contribution in [3.05, 3.63) is 12.2 Å². The van der Waals surface area contributed by atoms with Crippen LogP contribution in [0.3, 0.4) is 0 Å². The normalized spacial score (nSPS) is 12.0. The van der Waals surface area contributed by atoms with Crippen molar-refractivity contribution in [3.8, 4) is 0 Å². The maximum absolute atomic E-state index is 11.6. The number of hydrogen-bond donors (Lipinski definition) is 0. The first-order valence-electron chi connectivity index (χ1n) is 10.8. The zero-order valence-electron chi connectivity index (χ0n) is 17.6. The smallest absolute Gasteiger partial charge is 0.305 e. The Morgan fingerprint density at radius 2 is 1.24 bits per heavy atom. The van der Waals surface area contributed by atoms with E-state index in [9.17, 15) is 4.79 Å². The Balaban J connectivity index is 3.19. The Hall–Kier alpha value is -0.790. The molecule has 0 N–H and O–H groups in total. The monoisotopic (exact) mass is 352 g/mol. The summed E-state index contributed by atoms with van der Waals surface area (Å²) in [7, 11) is 0. The first-order chi connectivity index (χ1) is 12.0. The molecule has 148 valence electrons. The van der Waals surface area contributed by atoms with Crippen molar-refractivity contribution in [2.24, 2.45) is 5.41 Å². The minimum atomic E-state index is -0.0277. The first-order valence-corrected chi connectivity index (χ1v) is 10.8. The molecule has 0 heterocycles. The molecule has 0 spiro atoms. The molecule has 0 aliphatic heterocycles. The van der Waals surface area contributed by atoms with E-state index in [1.54, 1.807) is 0 Å². The summed E-state index contributed by atoms with van der Waals surface area (Å²) in [6, 6.07) is 0. The van der Waals surface area contributed by atoms with E-state index in [1.807, 2.05) is 0 Å². The van der Waals surface area contributed by atoms with Crippen LogP contribution in [-0.4, -0.2) is 12.6 Å². The second-order valence-electron chi connectivity index (χ2n) is 8.53. The van der Waals surface area contributed by atoms with E-state index in [0.717, 1.165) is 12.8 Å². The number of unbranched alkanes of at least 4 members (excludes halogenated alkanes) is 11. The lowest BCUT2D eigenvalue weighted by molar-refractivity contribution is -0.146. The second-order valence-corrected chi connectivity index (χ2v) is 8.53. The zero-order valence-corrected chi connectivity index (χ0v) is 17.6. The van der Waals surface area contributed by atoms with Crippen LogP contribution in [0.5, 0.6) is 0 Å². The average molecular weight is 353 g/mol. The molecule has 0 aliphatic rings. The molecule has 0 aromatic carbocycles. The topological polar surface area (TPSA) is 26.3 Å². The minimum Gasteiger partial charge on any atom is -0.465 e. The van der Waals surface area contributed by atoms with Gasteiger partial charge in [0.1, 0.15) is 0 Å². The van der Waals surface area contributed by atoms with Gasteiger partial charge in [0.05, 0.1) is 6.61 Å². The predicted octanol–water partition coefficient (Wildman–Crippen LogP) is 7.61. The Kier molecular flexibility index (Phi) is 16.1. The quantitative estimate of drug-likeness (QED) is 0.162. The molecule has 2 heteroatoms. The minimum absolute atomic E-state index is 0.0277. The van der Waals surface area contributed by atoms with E-state index >= 15 is 0 Å². The van der Waals surface area contributed by atoms with Crippen LogP contribution < -0.4 is 0 Å². The highest BCUT2D eigenvalue weighted by Gasteiger charge is 2.13. The van der Waals surface area contributed by atoms with Gasteiger partial charge in [0.25, 0.3) is 0 Å². The standard InChI is InChI=1S/C23H44O2/c1-5-6-7-8-9-10-11-12-13-14-15-16-17-18-19-20-22(24)25-21-23(2,3)4/h6-7H,5,8-21H2,1-4H3/b7-6+. The molecule has 25 heavy (non-hydrogen) atoms. The van der Waals surface area contributed by atoms with E-state index in [0.29, 0.717) is 13.0 Å². The summed E-state index contributed by atoms with van der Waals surface area (Å²) in [6.07, 6.45) is 22.0. The highest BCUT2D eigenvalue weighted by Crippen LogP contribution is 2.15. The molecule has 0 bridgehead atoms.